The molecule has 1 aromatic rings. The quantitative estimate of drug-likeness (QED) is 0.564. The third kappa shape index (κ3) is 5.13. The van der Waals surface area contributed by atoms with Gasteiger partial charge in [-0.15, -0.1) is 0 Å². The van der Waals surface area contributed by atoms with Crippen LogP contribution in [0.5, 0.6) is 6.01 Å². The van der Waals surface area contributed by atoms with Crippen LogP contribution in [0.1, 0.15) is 26.7 Å². The molecule has 102 valence electrons. The second-order valence-electron chi connectivity index (χ2n) is 3.59. The van der Waals surface area contributed by atoms with Gasteiger partial charge in [-0.25, -0.2) is 0 Å². The SMILES string of the molecule is CCNc1nc(NCCCCO)nc(OCC)n1. The van der Waals surface area contributed by atoms with Crippen molar-refractivity contribution in [2.75, 3.05) is 36.9 Å². The van der Waals surface area contributed by atoms with Crippen LogP contribution in [0, 0.1) is 0 Å². The number of hydrogen-bond acceptors (Lipinski definition) is 7. The van der Waals surface area contributed by atoms with Crippen molar-refractivity contribution in [3.8, 4) is 6.01 Å². The second-order valence-corrected chi connectivity index (χ2v) is 3.59. The molecule has 1 rings (SSSR count). The third-order valence-corrected chi connectivity index (χ3v) is 2.09. The molecular formula is C11H21N5O2. The van der Waals surface area contributed by atoms with E-state index in [0.717, 1.165) is 19.4 Å². The Labute approximate surface area is 107 Å². The van der Waals surface area contributed by atoms with Gasteiger partial charge in [0.1, 0.15) is 0 Å². The zero-order valence-electron chi connectivity index (χ0n) is 10.9. The minimum Gasteiger partial charge on any atom is -0.464 e. The monoisotopic (exact) mass is 255 g/mol. The van der Waals surface area contributed by atoms with Gasteiger partial charge < -0.3 is 20.5 Å². The van der Waals surface area contributed by atoms with E-state index in [1.54, 1.807) is 0 Å². The van der Waals surface area contributed by atoms with Crippen LogP contribution in [0.4, 0.5) is 11.9 Å². The largest absolute Gasteiger partial charge is 0.464 e. The van der Waals surface area contributed by atoms with Gasteiger partial charge in [0, 0.05) is 19.7 Å². The molecule has 7 heteroatoms. The summed E-state index contributed by atoms with van der Waals surface area (Å²) in [6.07, 6.45) is 1.62. The van der Waals surface area contributed by atoms with Gasteiger partial charge in [0.2, 0.25) is 11.9 Å². The minimum atomic E-state index is 0.200. The summed E-state index contributed by atoms with van der Waals surface area (Å²) in [7, 11) is 0. The van der Waals surface area contributed by atoms with Gasteiger partial charge in [-0.2, -0.15) is 15.0 Å². The molecule has 0 saturated heterocycles. The van der Waals surface area contributed by atoms with Crippen LogP contribution in [0.25, 0.3) is 0 Å². The molecule has 1 aromatic heterocycles. The normalized spacial score (nSPS) is 10.2. The number of rotatable bonds is 9. The minimum absolute atomic E-state index is 0.200. The van der Waals surface area contributed by atoms with E-state index in [4.69, 9.17) is 9.84 Å². The van der Waals surface area contributed by atoms with Crippen molar-refractivity contribution in [3.63, 3.8) is 0 Å². The summed E-state index contributed by atoms with van der Waals surface area (Å²) in [6.45, 7) is 6.01. The lowest BCUT2D eigenvalue weighted by molar-refractivity contribution is 0.286. The van der Waals surface area contributed by atoms with E-state index in [-0.39, 0.29) is 6.61 Å². The van der Waals surface area contributed by atoms with Crippen LogP contribution in [-0.4, -0.2) is 46.4 Å². The predicted octanol–water partition coefficient (Wildman–Crippen LogP) is 0.886. The molecule has 3 N–H and O–H groups in total. The Balaban J connectivity index is 2.63. The van der Waals surface area contributed by atoms with Gasteiger partial charge in [0.15, 0.2) is 0 Å². The lowest BCUT2D eigenvalue weighted by Gasteiger charge is -2.09. The molecule has 0 bridgehead atoms. The number of hydrogen-bond donors (Lipinski definition) is 3. The Morgan fingerprint density at radius 2 is 1.78 bits per heavy atom. The molecule has 7 nitrogen and oxygen atoms in total. The van der Waals surface area contributed by atoms with Gasteiger partial charge in [0.25, 0.3) is 0 Å². The van der Waals surface area contributed by atoms with Crippen LogP contribution in [0.15, 0.2) is 0 Å². The summed E-state index contributed by atoms with van der Waals surface area (Å²) >= 11 is 0. The van der Waals surface area contributed by atoms with E-state index in [1.165, 1.54) is 0 Å². The molecule has 1 heterocycles. The number of ether oxygens (including phenoxy) is 1. The fraction of sp³-hybridized carbons (Fsp3) is 0.727. The average molecular weight is 255 g/mol. The third-order valence-electron chi connectivity index (χ3n) is 2.09. The van der Waals surface area contributed by atoms with Crippen molar-refractivity contribution in [1.82, 2.24) is 15.0 Å². The fourth-order valence-corrected chi connectivity index (χ4v) is 1.30. The lowest BCUT2D eigenvalue weighted by Crippen LogP contribution is -2.11. The Hall–Kier alpha value is -1.63. The average Bonchev–Trinajstić information content (AvgIpc) is 2.35. The number of nitrogens with one attached hydrogen (secondary N) is 2. The van der Waals surface area contributed by atoms with Gasteiger partial charge in [0.05, 0.1) is 6.61 Å². The molecule has 18 heavy (non-hydrogen) atoms. The van der Waals surface area contributed by atoms with Crippen molar-refractivity contribution < 1.29 is 9.84 Å². The highest BCUT2D eigenvalue weighted by molar-refractivity contribution is 5.35. The molecule has 0 aliphatic carbocycles. The van der Waals surface area contributed by atoms with Crippen molar-refractivity contribution in [2.24, 2.45) is 0 Å². The molecule has 0 aromatic carbocycles. The first-order valence-corrected chi connectivity index (χ1v) is 6.27. The van der Waals surface area contributed by atoms with Gasteiger partial charge >= 0.3 is 6.01 Å². The number of unbranched alkanes of at least 4 members (excludes halogenated alkanes) is 1. The van der Waals surface area contributed by atoms with E-state index in [0.29, 0.717) is 31.1 Å². The smallest absolute Gasteiger partial charge is 0.323 e. The Morgan fingerprint density at radius 3 is 2.39 bits per heavy atom. The van der Waals surface area contributed by atoms with Crippen molar-refractivity contribution >= 4 is 11.9 Å². The van der Waals surface area contributed by atoms with E-state index in [9.17, 15) is 0 Å². The summed E-state index contributed by atoms with van der Waals surface area (Å²) in [5.41, 5.74) is 0. The van der Waals surface area contributed by atoms with Crippen molar-refractivity contribution in [2.45, 2.75) is 26.7 Å². The highest BCUT2D eigenvalue weighted by Gasteiger charge is 2.06. The molecule has 0 spiro atoms. The van der Waals surface area contributed by atoms with Crippen LogP contribution >= 0.6 is 0 Å². The first-order chi connectivity index (χ1) is 8.80. The van der Waals surface area contributed by atoms with E-state index in [2.05, 4.69) is 25.6 Å². The molecule has 0 saturated carbocycles. The first-order valence-electron chi connectivity index (χ1n) is 6.27. The van der Waals surface area contributed by atoms with Crippen molar-refractivity contribution in [3.05, 3.63) is 0 Å². The Morgan fingerprint density at radius 1 is 1.06 bits per heavy atom. The number of aliphatic hydroxyl groups excluding tert-OH is 1. The maximum Gasteiger partial charge on any atom is 0.323 e. The van der Waals surface area contributed by atoms with Gasteiger partial charge in [-0.05, 0) is 26.7 Å². The molecule has 0 amide bonds. The zero-order chi connectivity index (χ0) is 13.2. The van der Waals surface area contributed by atoms with Crippen LogP contribution < -0.4 is 15.4 Å². The Kier molecular flexibility index (Phi) is 6.78. The molecular weight excluding hydrogens is 234 g/mol. The maximum absolute atomic E-state index is 8.69. The number of aliphatic hydroxyl groups is 1. The Bertz CT molecular complexity index is 324. The topological polar surface area (TPSA) is 92.2 Å². The summed E-state index contributed by atoms with van der Waals surface area (Å²) in [6, 6.07) is 0.313. The van der Waals surface area contributed by atoms with E-state index < -0.39 is 0 Å². The second kappa shape index (κ2) is 8.46. The first kappa shape index (κ1) is 14.4. The molecule has 0 aliphatic rings. The highest BCUT2D eigenvalue weighted by Crippen LogP contribution is 2.11. The number of anilines is 2. The molecule has 0 aliphatic heterocycles. The fourth-order valence-electron chi connectivity index (χ4n) is 1.30. The number of aromatic nitrogens is 3. The van der Waals surface area contributed by atoms with E-state index in [1.807, 2.05) is 13.8 Å². The molecule has 0 fully saturated rings. The predicted molar refractivity (Wildman–Crippen MR) is 70.0 cm³/mol. The van der Waals surface area contributed by atoms with Crippen LogP contribution in [-0.2, 0) is 0 Å². The summed E-state index contributed by atoms with van der Waals surface area (Å²) in [5.74, 6) is 0.989. The molecule has 0 unspecified atom stereocenters. The standard InChI is InChI=1S/C11H21N5O2/c1-3-12-9-14-10(13-7-5-6-8-17)16-11(15-9)18-4-2/h17H,3-8H2,1-2H3,(H2,12,13,14,15,16). The zero-order valence-corrected chi connectivity index (χ0v) is 10.9. The summed E-state index contributed by atoms with van der Waals surface area (Å²) in [5, 5.41) is 14.8. The van der Waals surface area contributed by atoms with Crippen LogP contribution in [0.3, 0.4) is 0 Å². The van der Waals surface area contributed by atoms with Crippen molar-refractivity contribution in [1.29, 1.82) is 0 Å². The van der Waals surface area contributed by atoms with Crippen LogP contribution in [0.2, 0.25) is 0 Å². The molecule has 0 atom stereocenters. The summed E-state index contributed by atoms with van der Waals surface area (Å²) < 4.78 is 5.28. The highest BCUT2D eigenvalue weighted by atomic mass is 16.5. The van der Waals surface area contributed by atoms with Gasteiger partial charge in [-0.1, -0.05) is 0 Å². The number of nitrogens with zero attached hydrogens (tertiary/aromatic N) is 3. The molecule has 0 radical (unpaired) electrons. The van der Waals surface area contributed by atoms with Gasteiger partial charge in [-0.3, -0.25) is 0 Å². The van der Waals surface area contributed by atoms with E-state index >= 15 is 0 Å². The lowest BCUT2D eigenvalue weighted by atomic mass is 10.3. The maximum atomic E-state index is 8.69. The summed E-state index contributed by atoms with van der Waals surface area (Å²) in [4.78, 5) is 12.5.